The van der Waals surface area contributed by atoms with Gasteiger partial charge in [0.15, 0.2) is 11.5 Å². The Morgan fingerprint density at radius 3 is 2.87 bits per heavy atom. The molecule has 1 aromatic carbocycles. The average molecular weight is 422 g/mol. The first kappa shape index (κ1) is 19.0. The van der Waals surface area contributed by atoms with Gasteiger partial charge in [0.25, 0.3) is 5.91 Å². The number of carbonyl (C=O) groups excluding carboxylic acids is 1. The number of hydrogen-bond donors (Lipinski definition) is 1. The van der Waals surface area contributed by atoms with E-state index in [0.717, 1.165) is 37.6 Å². The molecular formula is C23H26N4O4. The number of aliphatic hydroxyl groups is 1. The highest BCUT2D eigenvalue weighted by atomic mass is 16.7. The molecular weight excluding hydrogens is 396 g/mol. The summed E-state index contributed by atoms with van der Waals surface area (Å²) in [6.45, 7) is 4.90. The van der Waals surface area contributed by atoms with Crippen molar-refractivity contribution in [2.75, 3.05) is 39.5 Å². The van der Waals surface area contributed by atoms with E-state index in [1.54, 1.807) is 18.5 Å². The maximum absolute atomic E-state index is 13.1. The first-order chi connectivity index (χ1) is 15.1. The monoisotopic (exact) mass is 422 g/mol. The number of fused-ring (bicyclic) bond motifs is 3. The molecule has 6 rings (SSSR count). The largest absolute Gasteiger partial charge is 0.454 e. The maximum atomic E-state index is 13.1. The third kappa shape index (κ3) is 3.26. The molecule has 5 heterocycles. The van der Waals surface area contributed by atoms with Crippen molar-refractivity contribution in [2.24, 2.45) is 0 Å². The Balaban J connectivity index is 1.19. The van der Waals surface area contributed by atoms with Crippen LogP contribution < -0.4 is 9.47 Å². The molecule has 0 saturated carbocycles. The van der Waals surface area contributed by atoms with Crippen LogP contribution in [0.25, 0.3) is 0 Å². The Morgan fingerprint density at radius 2 is 2.03 bits per heavy atom. The Bertz CT molecular complexity index is 994. The van der Waals surface area contributed by atoms with E-state index in [0.29, 0.717) is 25.2 Å². The van der Waals surface area contributed by atoms with Crippen molar-refractivity contribution in [1.82, 2.24) is 19.7 Å². The lowest BCUT2D eigenvalue weighted by atomic mass is 9.83. The second kappa shape index (κ2) is 7.19. The van der Waals surface area contributed by atoms with Crippen molar-refractivity contribution in [2.45, 2.75) is 30.7 Å². The molecule has 8 nitrogen and oxygen atoms in total. The number of carbonyl (C=O) groups is 1. The number of benzene rings is 1. The normalized spacial score (nSPS) is 26.7. The summed E-state index contributed by atoms with van der Waals surface area (Å²) >= 11 is 0. The SMILES string of the molecule is O=C(c1cccnc1)N1CC2CC(O)CN2C2(CN(Cc3ccc4c(c3)OCO4)C2)C1. The third-order valence-electron chi connectivity index (χ3n) is 6.99. The minimum atomic E-state index is -0.321. The topological polar surface area (TPSA) is 78.4 Å². The molecule has 4 aliphatic rings. The van der Waals surface area contributed by atoms with Crippen LogP contribution in [0.4, 0.5) is 0 Å². The van der Waals surface area contributed by atoms with E-state index in [1.165, 1.54) is 5.56 Å². The fourth-order valence-corrected chi connectivity index (χ4v) is 5.71. The molecule has 1 amide bonds. The number of pyridine rings is 1. The quantitative estimate of drug-likeness (QED) is 0.789. The smallest absolute Gasteiger partial charge is 0.255 e. The molecule has 162 valence electrons. The zero-order chi connectivity index (χ0) is 21.0. The van der Waals surface area contributed by atoms with Gasteiger partial charge in [0.05, 0.1) is 17.2 Å². The Hall–Kier alpha value is -2.68. The number of hydrogen-bond acceptors (Lipinski definition) is 7. The van der Waals surface area contributed by atoms with Crippen molar-refractivity contribution < 1.29 is 19.4 Å². The van der Waals surface area contributed by atoms with Gasteiger partial charge in [0.1, 0.15) is 0 Å². The molecule has 3 saturated heterocycles. The van der Waals surface area contributed by atoms with Crippen LogP contribution in [0.3, 0.4) is 0 Å². The van der Waals surface area contributed by atoms with Crippen molar-refractivity contribution in [3.8, 4) is 11.5 Å². The van der Waals surface area contributed by atoms with E-state index >= 15 is 0 Å². The summed E-state index contributed by atoms with van der Waals surface area (Å²) in [5, 5.41) is 10.3. The second-order valence-corrected chi connectivity index (χ2v) is 9.18. The number of nitrogens with zero attached hydrogens (tertiary/aromatic N) is 4. The summed E-state index contributed by atoms with van der Waals surface area (Å²) < 4.78 is 10.9. The van der Waals surface area contributed by atoms with Crippen molar-refractivity contribution in [1.29, 1.82) is 0 Å². The number of aromatic nitrogens is 1. The number of piperazine rings is 1. The summed E-state index contributed by atoms with van der Waals surface area (Å²) in [6.07, 6.45) is 3.72. The van der Waals surface area contributed by atoms with Crippen LogP contribution in [0.5, 0.6) is 11.5 Å². The number of rotatable bonds is 3. The van der Waals surface area contributed by atoms with E-state index in [-0.39, 0.29) is 30.4 Å². The molecule has 1 spiro atoms. The zero-order valence-electron chi connectivity index (χ0n) is 17.3. The van der Waals surface area contributed by atoms with E-state index in [2.05, 4.69) is 26.9 Å². The first-order valence-electron chi connectivity index (χ1n) is 10.8. The highest BCUT2D eigenvalue weighted by Gasteiger charge is 2.56. The number of aliphatic hydroxyl groups excluding tert-OH is 1. The summed E-state index contributed by atoms with van der Waals surface area (Å²) in [4.78, 5) is 24.1. The number of amides is 1. The van der Waals surface area contributed by atoms with Gasteiger partial charge in [0, 0.05) is 57.7 Å². The van der Waals surface area contributed by atoms with Crippen LogP contribution in [0.2, 0.25) is 0 Å². The van der Waals surface area contributed by atoms with E-state index in [4.69, 9.17) is 9.47 Å². The van der Waals surface area contributed by atoms with Crippen LogP contribution in [-0.2, 0) is 6.54 Å². The molecule has 31 heavy (non-hydrogen) atoms. The lowest BCUT2D eigenvalue weighted by Crippen LogP contribution is -2.78. The number of β-amino-alcohol motifs (C(OH)–C–C–N with tert-alkyl or cyclic N) is 1. The van der Waals surface area contributed by atoms with E-state index in [1.807, 2.05) is 17.0 Å². The molecule has 0 bridgehead atoms. The maximum Gasteiger partial charge on any atom is 0.255 e. The highest BCUT2D eigenvalue weighted by molar-refractivity contribution is 5.94. The van der Waals surface area contributed by atoms with Gasteiger partial charge in [-0.05, 0) is 36.2 Å². The lowest BCUT2D eigenvalue weighted by Gasteiger charge is -2.61. The molecule has 0 aliphatic carbocycles. The Kier molecular flexibility index (Phi) is 4.41. The van der Waals surface area contributed by atoms with Gasteiger partial charge in [-0.15, -0.1) is 0 Å². The van der Waals surface area contributed by atoms with Crippen molar-refractivity contribution in [3.63, 3.8) is 0 Å². The Morgan fingerprint density at radius 1 is 1.16 bits per heavy atom. The van der Waals surface area contributed by atoms with Crippen LogP contribution in [0.1, 0.15) is 22.3 Å². The van der Waals surface area contributed by atoms with Crippen LogP contribution in [-0.4, -0.2) is 87.9 Å². The third-order valence-corrected chi connectivity index (χ3v) is 6.99. The molecule has 2 unspecified atom stereocenters. The molecule has 8 heteroatoms. The number of likely N-dealkylation sites (tertiary alicyclic amines) is 1. The molecule has 2 aromatic rings. The average Bonchev–Trinajstić information content (AvgIpc) is 3.38. The minimum Gasteiger partial charge on any atom is -0.454 e. The molecule has 1 N–H and O–H groups in total. The molecule has 4 aliphatic heterocycles. The van der Waals surface area contributed by atoms with Crippen molar-refractivity contribution >= 4 is 5.91 Å². The molecule has 1 aromatic heterocycles. The van der Waals surface area contributed by atoms with Crippen LogP contribution >= 0.6 is 0 Å². The highest BCUT2D eigenvalue weighted by Crippen LogP contribution is 2.40. The Labute approximate surface area is 181 Å². The first-order valence-corrected chi connectivity index (χ1v) is 10.8. The number of ether oxygens (including phenoxy) is 2. The second-order valence-electron chi connectivity index (χ2n) is 9.18. The molecule has 2 atom stereocenters. The van der Waals surface area contributed by atoms with Crippen molar-refractivity contribution in [3.05, 3.63) is 53.9 Å². The molecule has 3 fully saturated rings. The van der Waals surface area contributed by atoms with Gasteiger partial charge in [-0.25, -0.2) is 0 Å². The summed E-state index contributed by atoms with van der Waals surface area (Å²) in [6, 6.07) is 9.93. The summed E-state index contributed by atoms with van der Waals surface area (Å²) in [5.41, 5.74) is 1.71. The standard InChI is InChI=1S/C23H26N4O4/c28-19-7-18-10-26(22(29)17-2-1-5-24-8-17)14-23(27(18)11-19)12-25(13-23)9-16-3-4-20-21(6-16)31-15-30-20/h1-6,8,18-19,28H,7,9-15H2. The van der Waals surface area contributed by atoms with Gasteiger partial charge >= 0.3 is 0 Å². The predicted octanol–water partition coefficient (Wildman–Crippen LogP) is 0.956. The van der Waals surface area contributed by atoms with Crippen LogP contribution in [0.15, 0.2) is 42.7 Å². The van der Waals surface area contributed by atoms with Gasteiger partial charge in [-0.1, -0.05) is 6.07 Å². The van der Waals surface area contributed by atoms with Gasteiger partial charge in [-0.2, -0.15) is 0 Å². The fraction of sp³-hybridized carbons (Fsp3) is 0.478. The summed E-state index contributed by atoms with van der Waals surface area (Å²) in [5.74, 6) is 1.64. The predicted molar refractivity (Wildman–Crippen MR) is 112 cm³/mol. The molecule has 0 radical (unpaired) electrons. The van der Waals surface area contributed by atoms with Gasteiger partial charge in [-0.3, -0.25) is 19.6 Å². The zero-order valence-corrected chi connectivity index (χ0v) is 17.3. The fourth-order valence-electron chi connectivity index (χ4n) is 5.71. The minimum absolute atomic E-state index is 0.0303. The lowest BCUT2D eigenvalue weighted by molar-refractivity contribution is -0.108. The van der Waals surface area contributed by atoms with Crippen LogP contribution in [0, 0.1) is 0 Å². The van der Waals surface area contributed by atoms with Gasteiger partial charge in [0.2, 0.25) is 6.79 Å². The summed E-state index contributed by atoms with van der Waals surface area (Å²) in [7, 11) is 0. The van der Waals surface area contributed by atoms with E-state index < -0.39 is 0 Å². The van der Waals surface area contributed by atoms with Gasteiger partial charge < -0.3 is 19.5 Å². The van der Waals surface area contributed by atoms with E-state index in [9.17, 15) is 9.90 Å².